The highest BCUT2D eigenvalue weighted by Gasteiger charge is 2.27. The summed E-state index contributed by atoms with van der Waals surface area (Å²) in [6.45, 7) is 0.469. The van der Waals surface area contributed by atoms with Crippen molar-refractivity contribution in [2.45, 2.75) is 6.61 Å². The van der Waals surface area contributed by atoms with Crippen molar-refractivity contribution >= 4 is 23.7 Å². The Morgan fingerprint density at radius 2 is 1.42 bits per heavy atom. The van der Waals surface area contributed by atoms with Gasteiger partial charge in [-0.05, 0) is 17.7 Å². The summed E-state index contributed by atoms with van der Waals surface area (Å²) in [5.74, 6) is 0.733. The maximum atomic E-state index is 12.8. The maximum Gasteiger partial charge on any atom is 0.361 e. The molecule has 0 saturated carbocycles. The summed E-state index contributed by atoms with van der Waals surface area (Å²) in [6, 6.07) is 21.2. The number of fused-ring (bicyclic) bond motifs is 1. The summed E-state index contributed by atoms with van der Waals surface area (Å²) < 4.78 is 29.0. The molecule has 0 amide bonds. The Bertz CT molecular complexity index is 869. The van der Waals surface area contributed by atoms with Crippen molar-refractivity contribution in [2.24, 2.45) is 0 Å². The second-order valence-corrected chi connectivity index (χ2v) is 7.47. The van der Waals surface area contributed by atoms with Gasteiger partial charge in [-0.3, -0.25) is 4.57 Å². The van der Waals surface area contributed by atoms with E-state index in [0.29, 0.717) is 11.9 Å². The standard InChI is InChI=1S/C19H19O4P/c1-21-24(20,22-2)19-13-12-18(16-10-6-7-11-17(16)19)23-14-15-8-4-3-5-9-15/h3-13H,14H2,1-2H3. The van der Waals surface area contributed by atoms with Gasteiger partial charge in [-0.25, -0.2) is 0 Å². The zero-order chi connectivity index (χ0) is 17.0. The summed E-state index contributed by atoms with van der Waals surface area (Å²) in [4.78, 5) is 0. The summed E-state index contributed by atoms with van der Waals surface area (Å²) >= 11 is 0. The number of ether oxygens (including phenoxy) is 1. The fraction of sp³-hybridized carbons (Fsp3) is 0.158. The van der Waals surface area contributed by atoms with Crippen LogP contribution in [-0.4, -0.2) is 14.2 Å². The minimum atomic E-state index is -3.33. The van der Waals surface area contributed by atoms with Crippen molar-refractivity contribution in [2.75, 3.05) is 14.2 Å². The molecule has 0 aromatic heterocycles. The first-order valence-corrected chi connectivity index (χ1v) is 9.13. The van der Waals surface area contributed by atoms with E-state index >= 15 is 0 Å². The zero-order valence-corrected chi connectivity index (χ0v) is 14.5. The molecule has 0 atom stereocenters. The van der Waals surface area contributed by atoms with Crippen LogP contribution in [0.2, 0.25) is 0 Å². The molecule has 24 heavy (non-hydrogen) atoms. The highest BCUT2D eigenvalue weighted by molar-refractivity contribution is 7.62. The van der Waals surface area contributed by atoms with E-state index in [4.69, 9.17) is 13.8 Å². The predicted molar refractivity (Wildman–Crippen MR) is 96.0 cm³/mol. The largest absolute Gasteiger partial charge is 0.488 e. The van der Waals surface area contributed by atoms with Gasteiger partial charge in [-0.2, -0.15) is 0 Å². The summed E-state index contributed by atoms with van der Waals surface area (Å²) in [6.07, 6.45) is 0. The molecule has 5 heteroatoms. The molecular weight excluding hydrogens is 323 g/mol. The van der Waals surface area contributed by atoms with Crippen molar-refractivity contribution in [3.63, 3.8) is 0 Å². The van der Waals surface area contributed by atoms with Gasteiger partial charge in [-0.15, -0.1) is 0 Å². The molecule has 0 fully saturated rings. The Labute approximate surface area is 141 Å². The van der Waals surface area contributed by atoms with Crippen molar-refractivity contribution < 1.29 is 18.3 Å². The third-order valence-corrected chi connectivity index (χ3v) is 5.82. The first-order valence-electron chi connectivity index (χ1n) is 7.58. The van der Waals surface area contributed by atoms with Gasteiger partial charge in [0.25, 0.3) is 0 Å². The molecule has 0 bridgehead atoms. The lowest BCUT2D eigenvalue weighted by molar-refractivity contribution is 0.287. The lowest BCUT2D eigenvalue weighted by atomic mass is 10.1. The summed E-state index contributed by atoms with van der Waals surface area (Å²) in [7, 11) is -0.556. The van der Waals surface area contributed by atoms with E-state index in [9.17, 15) is 4.57 Å². The highest BCUT2D eigenvalue weighted by Crippen LogP contribution is 2.47. The number of benzene rings is 3. The highest BCUT2D eigenvalue weighted by atomic mass is 31.2. The van der Waals surface area contributed by atoms with Crippen LogP contribution < -0.4 is 10.0 Å². The average Bonchev–Trinajstić information content (AvgIpc) is 2.66. The molecule has 0 spiro atoms. The molecule has 0 aliphatic carbocycles. The molecular formula is C19H19O4P. The van der Waals surface area contributed by atoms with E-state index in [1.54, 1.807) is 6.07 Å². The molecule has 3 rings (SSSR count). The third-order valence-electron chi connectivity index (χ3n) is 3.87. The Morgan fingerprint density at radius 1 is 0.792 bits per heavy atom. The van der Waals surface area contributed by atoms with E-state index in [-0.39, 0.29) is 0 Å². The van der Waals surface area contributed by atoms with Gasteiger partial charge in [0.15, 0.2) is 0 Å². The van der Waals surface area contributed by atoms with Gasteiger partial charge < -0.3 is 13.8 Å². The number of rotatable bonds is 6. The molecule has 0 unspecified atom stereocenters. The van der Waals surface area contributed by atoms with Gasteiger partial charge in [-0.1, -0.05) is 54.6 Å². The first kappa shape index (κ1) is 16.7. The van der Waals surface area contributed by atoms with E-state index in [0.717, 1.165) is 22.1 Å². The van der Waals surface area contributed by atoms with Crippen molar-refractivity contribution in [3.8, 4) is 5.75 Å². The minimum absolute atomic E-state index is 0.469. The normalized spacial score (nSPS) is 11.6. The predicted octanol–water partition coefficient (Wildman–Crippen LogP) is 4.53. The lowest BCUT2D eigenvalue weighted by Crippen LogP contribution is -2.10. The SMILES string of the molecule is COP(=O)(OC)c1ccc(OCc2ccccc2)c2ccccc12. The average molecular weight is 342 g/mol. The van der Waals surface area contributed by atoms with Crippen LogP contribution in [0.5, 0.6) is 5.75 Å². The molecule has 4 nitrogen and oxygen atoms in total. The zero-order valence-electron chi connectivity index (χ0n) is 13.6. The molecule has 0 saturated heterocycles. The van der Waals surface area contributed by atoms with Gasteiger partial charge in [0.2, 0.25) is 0 Å². The molecule has 0 radical (unpaired) electrons. The van der Waals surface area contributed by atoms with Crippen molar-refractivity contribution in [1.82, 2.24) is 0 Å². The Hall–Kier alpha value is -2.13. The quantitative estimate of drug-likeness (QED) is 0.618. The Balaban J connectivity index is 2.01. The fourth-order valence-electron chi connectivity index (χ4n) is 2.63. The minimum Gasteiger partial charge on any atom is -0.488 e. The monoisotopic (exact) mass is 342 g/mol. The van der Waals surface area contributed by atoms with Crippen LogP contribution in [0.25, 0.3) is 10.8 Å². The molecule has 124 valence electrons. The van der Waals surface area contributed by atoms with Gasteiger partial charge in [0.1, 0.15) is 12.4 Å². The fourth-order valence-corrected chi connectivity index (χ4v) is 3.92. The molecule has 0 aliphatic heterocycles. The second-order valence-electron chi connectivity index (χ2n) is 5.27. The second kappa shape index (κ2) is 7.18. The van der Waals surface area contributed by atoms with E-state index in [1.165, 1.54) is 14.2 Å². The molecule has 3 aromatic carbocycles. The molecule has 3 aromatic rings. The van der Waals surface area contributed by atoms with E-state index < -0.39 is 7.60 Å². The van der Waals surface area contributed by atoms with Gasteiger partial charge >= 0.3 is 7.60 Å². The van der Waals surface area contributed by atoms with Crippen LogP contribution in [0.15, 0.2) is 66.7 Å². The molecule has 0 heterocycles. The van der Waals surface area contributed by atoms with Gasteiger partial charge in [0, 0.05) is 25.0 Å². The van der Waals surface area contributed by atoms with Crippen LogP contribution in [0.3, 0.4) is 0 Å². The van der Waals surface area contributed by atoms with Gasteiger partial charge in [0.05, 0.1) is 5.30 Å². The third kappa shape index (κ3) is 3.22. The van der Waals surface area contributed by atoms with Crippen LogP contribution in [-0.2, 0) is 20.2 Å². The summed E-state index contributed by atoms with van der Waals surface area (Å²) in [5.41, 5.74) is 1.09. The van der Waals surface area contributed by atoms with E-state index in [2.05, 4.69) is 0 Å². The van der Waals surface area contributed by atoms with Crippen LogP contribution in [0.4, 0.5) is 0 Å². The number of hydrogen-bond donors (Lipinski definition) is 0. The Kier molecular flexibility index (Phi) is 5.00. The van der Waals surface area contributed by atoms with Crippen molar-refractivity contribution in [3.05, 3.63) is 72.3 Å². The van der Waals surface area contributed by atoms with Crippen LogP contribution >= 0.6 is 7.60 Å². The number of hydrogen-bond acceptors (Lipinski definition) is 4. The van der Waals surface area contributed by atoms with Crippen LogP contribution in [0.1, 0.15) is 5.56 Å². The summed E-state index contributed by atoms with van der Waals surface area (Å²) in [5, 5.41) is 2.21. The van der Waals surface area contributed by atoms with E-state index in [1.807, 2.05) is 60.7 Å². The smallest absolute Gasteiger partial charge is 0.361 e. The molecule has 0 N–H and O–H groups in total. The van der Waals surface area contributed by atoms with Crippen molar-refractivity contribution in [1.29, 1.82) is 0 Å². The topological polar surface area (TPSA) is 44.8 Å². The Morgan fingerprint density at radius 3 is 2.08 bits per heavy atom. The first-order chi connectivity index (χ1) is 11.7. The molecule has 0 aliphatic rings. The lowest BCUT2D eigenvalue weighted by Gasteiger charge is -2.17. The van der Waals surface area contributed by atoms with Crippen LogP contribution in [0, 0.1) is 0 Å². The maximum absolute atomic E-state index is 12.8.